The third-order valence-corrected chi connectivity index (χ3v) is 13.6. The lowest BCUT2D eigenvalue weighted by Crippen LogP contribution is -2.63. The molecule has 3 saturated heterocycles. The summed E-state index contributed by atoms with van der Waals surface area (Å²) in [5.74, 6) is -0.572. The molecule has 4 aliphatic rings. The van der Waals surface area contributed by atoms with E-state index in [2.05, 4.69) is 70.3 Å². The van der Waals surface area contributed by atoms with Gasteiger partial charge in [0.2, 0.25) is 17.8 Å². The molecule has 9 rings (SSSR count). The molecule has 3 aliphatic heterocycles. The van der Waals surface area contributed by atoms with Gasteiger partial charge < -0.3 is 19.7 Å². The van der Waals surface area contributed by atoms with Crippen molar-refractivity contribution in [2.45, 2.75) is 88.3 Å². The molecule has 3 N–H and O–H groups in total. The summed E-state index contributed by atoms with van der Waals surface area (Å²) in [6, 6.07) is 14.4. The van der Waals surface area contributed by atoms with E-state index in [1.54, 1.807) is 17.8 Å². The molecular weight excluding hydrogens is 830 g/mol. The molecule has 0 spiro atoms. The molecule has 3 aromatic heterocycles. The number of aryl methyl sites for hydroxylation is 1. The van der Waals surface area contributed by atoms with Gasteiger partial charge in [0.15, 0.2) is 0 Å². The molecule has 1 aliphatic carbocycles. The van der Waals surface area contributed by atoms with E-state index in [0.29, 0.717) is 56.1 Å². The average Bonchev–Trinajstić information content (AvgIpc) is 3.75. The minimum absolute atomic E-state index is 0.134. The second-order valence-corrected chi connectivity index (χ2v) is 17.9. The molecule has 6 heterocycles. The zero-order valence-corrected chi connectivity index (χ0v) is 36.2. The molecule has 5 aromatic rings. The van der Waals surface area contributed by atoms with Crippen molar-refractivity contribution in [2.24, 2.45) is 7.05 Å². The van der Waals surface area contributed by atoms with Crippen LogP contribution in [-0.2, 0) is 34.3 Å². The summed E-state index contributed by atoms with van der Waals surface area (Å²) in [5.41, 5.74) is 6.15. The van der Waals surface area contributed by atoms with Crippen LogP contribution in [0.25, 0.3) is 33.2 Å². The Bertz CT molecular complexity index is 2520. The fourth-order valence-electron chi connectivity index (χ4n) is 9.85. The van der Waals surface area contributed by atoms with Crippen molar-refractivity contribution in [1.82, 2.24) is 43.7 Å². The molecule has 0 unspecified atom stereocenters. The summed E-state index contributed by atoms with van der Waals surface area (Å²) >= 11 is 0. The summed E-state index contributed by atoms with van der Waals surface area (Å²) in [7, 11) is 1.70. The number of hydrogen-bond donors (Lipinski definition) is 3. The Morgan fingerprint density at radius 2 is 1.64 bits per heavy atom. The molecule has 4 fully saturated rings. The highest BCUT2D eigenvalue weighted by atomic mass is 19.4. The molecule has 15 nitrogen and oxygen atoms in total. The quantitative estimate of drug-likeness (QED) is 0.0997. The number of carbonyl (C=O) groups is 2. The Morgan fingerprint density at radius 3 is 2.38 bits per heavy atom. The van der Waals surface area contributed by atoms with E-state index in [4.69, 9.17) is 4.74 Å². The van der Waals surface area contributed by atoms with Crippen molar-refractivity contribution >= 4 is 39.8 Å². The standard InChI is InChI=1S/C46H57F3N10O5/c1-54-40-24-30(4-11-38(40)59(45(54)63)39-12-13-41(61)52-43(39)62)14-22-64-23-21-56-27-34(28-56)57-19-17-55(18-20-57)26-31-2-5-32(6-3-31)37-29-58(33-7-9-35(60)10-8-33)42-36(37)25-51-44(53-42)50-16-15-46(47,48)49/h2-6,11,24-25,29,33-35,39,60H,7-10,12-23,26-28H2,1H3,(H,50,51,53)(H,52,61,62)/t33-,35-,39-/m0/s1. The van der Waals surface area contributed by atoms with E-state index in [-0.39, 0.29) is 42.7 Å². The number of aromatic nitrogens is 5. The van der Waals surface area contributed by atoms with Crippen LogP contribution in [0, 0.1) is 0 Å². The highest BCUT2D eigenvalue weighted by molar-refractivity contribution is 6.00. The van der Waals surface area contributed by atoms with Crippen LogP contribution in [0.4, 0.5) is 19.1 Å². The molecule has 1 saturated carbocycles. The number of piperazine rings is 1. The Balaban J connectivity index is 0.712. The average molecular weight is 887 g/mol. The number of hydrogen-bond acceptors (Lipinski definition) is 11. The fraction of sp³-hybridized carbons (Fsp3) is 0.543. The van der Waals surface area contributed by atoms with Crippen molar-refractivity contribution < 1.29 is 32.6 Å². The number of ether oxygens (including phenoxy) is 1. The number of fused-ring (bicyclic) bond motifs is 2. The highest BCUT2D eigenvalue weighted by Crippen LogP contribution is 2.37. The van der Waals surface area contributed by atoms with E-state index in [0.717, 1.165) is 92.8 Å². The number of rotatable bonds is 15. The Morgan fingerprint density at radius 1 is 0.891 bits per heavy atom. The van der Waals surface area contributed by atoms with Gasteiger partial charge in [-0.05, 0) is 67.3 Å². The second kappa shape index (κ2) is 18.8. The van der Waals surface area contributed by atoms with Crippen LogP contribution in [0.1, 0.15) is 68.2 Å². The van der Waals surface area contributed by atoms with Gasteiger partial charge in [0.25, 0.3) is 0 Å². The van der Waals surface area contributed by atoms with Crippen LogP contribution >= 0.6 is 0 Å². The predicted molar refractivity (Wildman–Crippen MR) is 236 cm³/mol. The zero-order valence-electron chi connectivity index (χ0n) is 36.2. The maximum atomic E-state index is 13.1. The number of anilines is 1. The van der Waals surface area contributed by atoms with E-state index < -0.39 is 24.5 Å². The summed E-state index contributed by atoms with van der Waals surface area (Å²) in [4.78, 5) is 53.9. The number of piperidine rings is 1. The minimum atomic E-state index is -4.26. The van der Waals surface area contributed by atoms with Gasteiger partial charge >= 0.3 is 11.9 Å². The summed E-state index contributed by atoms with van der Waals surface area (Å²) < 4.78 is 49.6. The number of carbonyl (C=O) groups excluding carboxylic acids is 2. The molecule has 18 heteroatoms. The van der Waals surface area contributed by atoms with Gasteiger partial charge in [0.1, 0.15) is 11.7 Å². The molecule has 0 radical (unpaired) electrons. The molecule has 64 heavy (non-hydrogen) atoms. The number of nitrogens with zero attached hydrogens (tertiary/aromatic N) is 8. The van der Waals surface area contributed by atoms with Gasteiger partial charge in [-0.3, -0.25) is 38.7 Å². The molecule has 2 amide bonds. The van der Waals surface area contributed by atoms with Crippen LogP contribution in [-0.4, -0.2) is 139 Å². The molecule has 0 bridgehead atoms. The van der Waals surface area contributed by atoms with Crippen molar-refractivity contribution in [3.8, 4) is 11.1 Å². The first-order valence-electron chi connectivity index (χ1n) is 22.6. The number of amides is 2. The first-order chi connectivity index (χ1) is 30.9. The SMILES string of the molecule is Cn1c(=O)n([C@H]2CCC(=O)NC2=O)c2ccc(CCOCCN3CC(N4CCN(Cc5ccc(-c6cn([C@H]7CC[C@H](O)CC7)c7nc(NCCC(F)(F)F)ncc67)cc5)CC4)C3)cc21. The first-order valence-corrected chi connectivity index (χ1v) is 22.6. The van der Waals surface area contributed by atoms with E-state index >= 15 is 0 Å². The number of imide groups is 1. The number of imidazole rings is 1. The Hall–Kier alpha value is -5.14. The molecule has 342 valence electrons. The maximum absolute atomic E-state index is 13.1. The minimum Gasteiger partial charge on any atom is -0.393 e. The second-order valence-electron chi connectivity index (χ2n) is 17.9. The van der Waals surface area contributed by atoms with Crippen LogP contribution < -0.4 is 16.3 Å². The number of nitrogens with one attached hydrogen (secondary N) is 2. The summed E-state index contributed by atoms with van der Waals surface area (Å²) in [5, 5.41) is 16.1. The van der Waals surface area contributed by atoms with E-state index in [9.17, 15) is 32.7 Å². The number of halogens is 3. The largest absolute Gasteiger partial charge is 0.393 e. The van der Waals surface area contributed by atoms with Crippen molar-refractivity contribution in [2.75, 3.05) is 70.9 Å². The predicted octanol–water partition coefficient (Wildman–Crippen LogP) is 4.63. The van der Waals surface area contributed by atoms with Crippen molar-refractivity contribution in [3.05, 3.63) is 76.5 Å². The van der Waals surface area contributed by atoms with Crippen LogP contribution in [0.2, 0.25) is 0 Å². The normalized spacial score (nSPS) is 22.0. The number of alkyl halides is 3. The van der Waals surface area contributed by atoms with Crippen LogP contribution in [0.15, 0.2) is 59.7 Å². The third-order valence-electron chi connectivity index (χ3n) is 13.6. The number of benzene rings is 2. The lowest BCUT2D eigenvalue weighted by molar-refractivity contribution is -0.136. The number of likely N-dealkylation sites (tertiary alicyclic amines) is 1. The summed E-state index contributed by atoms with van der Waals surface area (Å²) in [6.45, 7) is 8.83. The fourth-order valence-corrected chi connectivity index (χ4v) is 9.85. The lowest BCUT2D eigenvalue weighted by atomic mass is 9.93. The van der Waals surface area contributed by atoms with E-state index in [1.165, 1.54) is 10.1 Å². The van der Waals surface area contributed by atoms with Crippen molar-refractivity contribution in [3.63, 3.8) is 0 Å². The van der Waals surface area contributed by atoms with Crippen molar-refractivity contribution in [1.29, 1.82) is 0 Å². The highest BCUT2D eigenvalue weighted by Gasteiger charge is 2.34. The lowest BCUT2D eigenvalue weighted by Gasteiger charge is -2.48. The smallest absolute Gasteiger partial charge is 0.390 e. The van der Waals surface area contributed by atoms with Gasteiger partial charge in [0.05, 0.1) is 36.8 Å². The van der Waals surface area contributed by atoms with Crippen LogP contribution in [0.5, 0.6) is 0 Å². The van der Waals surface area contributed by atoms with E-state index in [1.807, 2.05) is 18.2 Å². The molecular formula is C46H57F3N10O5. The Kier molecular flexibility index (Phi) is 12.9. The molecule has 1 atom stereocenters. The number of aliphatic hydroxyl groups is 1. The third kappa shape index (κ3) is 9.76. The van der Waals surface area contributed by atoms with Gasteiger partial charge in [0, 0.05) is 108 Å². The van der Waals surface area contributed by atoms with Gasteiger partial charge in [-0.1, -0.05) is 30.3 Å². The van der Waals surface area contributed by atoms with Gasteiger partial charge in [-0.2, -0.15) is 18.2 Å². The number of aliphatic hydroxyl groups excluding tert-OH is 1. The maximum Gasteiger partial charge on any atom is 0.390 e. The van der Waals surface area contributed by atoms with Gasteiger partial charge in [-0.15, -0.1) is 0 Å². The zero-order chi connectivity index (χ0) is 44.5. The summed E-state index contributed by atoms with van der Waals surface area (Å²) in [6.07, 6.45) is 2.47. The monoisotopic (exact) mass is 886 g/mol. The first kappa shape index (κ1) is 44.1. The van der Waals surface area contributed by atoms with Gasteiger partial charge in [-0.25, -0.2) is 9.78 Å². The topological polar surface area (TPSA) is 155 Å². The van der Waals surface area contributed by atoms with Crippen LogP contribution in [0.3, 0.4) is 0 Å². The Labute approximate surface area is 369 Å². The molecule has 2 aromatic carbocycles.